The summed E-state index contributed by atoms with van der Waals surface area (Å²) in [5.41, 5.74) is 0.285. The fourth-order valence-corrected chi connectivity index (χ4v) is 3.87. The number of nitrogens with zero attached hydrogens (tertiary/aromatic N) is 2. The van der Waals surface area contributed by atoms with E-state index in [2.05, 4.69) is 0 Å². The maximum absolute atomic E-state index is 13.8. The van der Waals surface area contributed by atoms with Gasteiger partial charge < -0.3 is 9.80 Å². The first-order valence-electron chi connectivity index (χ1n) is 8.47. The van der Waals surface area contributed by atoms with Crippen LogP contribution in [0.4, 0.5) is 8.78 Å². The third kappa shape index (κ3) is 4.09. The number of halogens is 2. The summed E-state index contributed by atoms with van der Waals surface area (Å²) in [5.74, 6) is -1.54. The van der Waals surface area contributed by atoms with Crippen LogP contribution in [0.15, 0.2) is 35.7 Å². The molecule has 0 aliphatic carbocycles. The molecule has 0 N–H and O–H groups in total. The predicted octanol–water partition coefficient (Wildman–Crippen LogP) is 3.54. The Balaban J connectivity index is 1.55. The van der Waals surface area contributed by atoms with Gasteiger partial charge in [0.2, 0.25) is 5.91 Å². The van der Waals surface area contributed by atoms with Crippen molar-refractivity contribution >= 4 is 23.2 Å². The summed E-state index contributed by atoms with van der Waals surface area (Å²) >= 11 is 1.41. The van der Waals surface area contributed by atoms with Crippen LogP contribution in [0.3, 0.4) is 0 Å². The molecule has 3 rings (SSSR count). The van der Waals surface area contributed by atoms with Gasteiger partial charge in [0.1, 0.15) is 11.6 Å². The average Bonchev–Trinajstić information content (AvgIpc) is 3.17. The van der Waals surface area contributed by atoms with E-state index in [4.69, 9.17) is 0 Å². The number of rotatable bonds is 4. The Labute approximate surface area is 155 Å². The summed E-state index contributed by atoms with van der Waals surface area (Å²) in [5, 5.41) is 1.87. The highest BCUT2D eigenvalue weighted by Gasteiger charge is 2.30. The van der Waals surface area contributed by atoms with Crippen molar-refractivity contribution in [1.82, 2.24) is 9.80 Å². The van der Waals surface area contributed by atoms with E-state index in [-0.39, 0.29) is 29.8 Å². The van der Waals surface area contributed by atoms with Gasteiger partial charge >= 0.3 is 0 Å². The first-order chi connectivity index (χ1) is 12.5. The Morgan fingerprint density at radius 2 is 1.96 bits per heavy atom. The number of amides is 2. The van der Waals surface area contributed by atoms with Crippen molar-refractivity contribution in [2.24, 2.45) is 5.92 Å². The minimum Gasteiger partial charge on any atom is -0.341 e. The van der Waals surface area contributed by atoms with E-state index >= 15 is 0 Å². The number of benzene rings is 1. The summed E-state index contributed by atoms with van der Waals surface area (Å²) in [6, 6.07) is 7.01. The van der Waals surface area contributed by atoms with Gasteiger partial charge in [0, 0.05) is 44.2 Å². The van der Waals surface area contributed by atoms with Crippen LogP contribution in [0.1, 0.15) is 28.1 Å². The summed E-state index contributed by atoms with van der Waals surface area (Å²) in [6.45, 7) is 1.16. The zero-order valence-corrected chi connectivity index (χ0v) is 15.3. The summed E-state index contributed by atoms with van der Waals surface area (Å²) in [7, 11) is 1.62. The van der Waals surface area contributed by atoms with Gasteiger partial charge in [0.05, 0.1) is 4.88 Å². The van der Waals surface area contributed by atoms with Crippen molar-refractivity contribution in [2.75, 3.05) is 20.1 Å². The summed E-state index contributed by atoms with van der Waals surface area (Å²) < 4.78 is 26.8. The minimum atomic E-state index is -0.652. The van der Waals surface area contributed by atoms with Crippen LogP contribution in [0.25, 0.3) is 0 Å². The smallest absolute Gasteiger partial charge is 0.263 e. The number of hydrogen-bond donors (Lipinski definition) is 0. The van der Waals surface area contributed by atoms with E-state index < -0.39 is 11.6 Å². The number of likely N-dealkylation sites (tertiary alicyclic amines) is 1. The van der Waals surface area contributed by atoms with Crippen LogP contribution in [-0.2, 0) is 11.3 Å². The van der Waals surface area contributed by atoms with Crippen LogP contribution in [0, 0.1) is 17.6 Å². The number of carbonyl (C=O) groups is 2. The van der Waals surface area contributed by atoms with Crippen molar-refractivity contribution in [2.45, 2.75) is 19.4 Å². The third-order valence-corrected chi connectivity index (χ3v) is 5.52. The molecule has 1 saturated heterocycles. The highest BCUT2D eigenvalue weighted by atomic mass is 32.1. The molecule has 0 atom stereocenters. The molecule has 0 radical (unpaired) electrons. The van der Waals surface area contributed by atoms with Crippen LogP contribution >= 0.6 is 11.3 Å². The molecule has 26 heavy (non-hydrogen) atoms. The standard InChI is InChI=1S/C19H20F2N2O2S/c1-22(12-14-4-5-15(20)11-16(14)21)18(24)13-6-8-23(9-7-13)19(25)17-3-2-10-26-17/h2-5,10-11,13H,6-9,12H2,1H3. The fraction of sp³-hybridized carbons (Fsp3) is 0.368. The van der Waals surface area contributed by atoms with Gasteiger partial charge in [-0.15, -0.1) is 11.3 Å². The van der Waals surface area contributed by atoms with Gasteiger partial charge in [-0.3, -0.25) is 9.59 Å². The topological polar surface area (TPSA) is 40.6 Å². The number of piperidine rings is 1. The molecule has 2 amide bonds. The SMILES string of the molecule is CN(Cc1ccc(F)cc1F)C(=O)C1CCN(C(=O)c2cccs2)CC1. The molecular formula is C19H20F2N2O2S. The van der Waals surface area contributed by atoms with E-state index in [1.54, 1.807) is 18.0 Å². The largest absolute Gasteiger partial charge is 0.341 e. The van der Waals surface area contributed by atoms with E-state index in [9.17, 15) is 18.4 Å². The maximum Gasteiger partial charge on any atom is 0.263 e. The van der Waals surface area contributed by atoms with E-state index in [0.717, 1.165) is 6.07 Å². The highest BCUT2D eigenvalue weighted by Crippen LogP contribution is 2.23. The molecular weight excluding hydrogens is 358 g/mol. The second-order valence-electron chi connectivity index (χ2n) is 6.47. The quantitative estimate of drug-likeness (QED) is 0.817. The lowest BCUT2D eigenvalue weighted by Crippen LogP contribution is -2.43. The minimum absolute atomic E-state index is 0.00707. The second-order valence-corrected chi connectivity index (χ2v) is 7.42. The van der Waals surface area contributed by atoms with E-state index in [1.807, 2.05) is 11.4 Å². The second kappa shape index (κ2) is 7.95. The van der Waals surface area contributed by atoms with Crippen molar-refractivity contribution in [3.63, 3.8) is 0 Å². The number of thiophene rings is 1. The van der Waals surface area contributed by atoms with Crippen molar-refractivity contribution in [3.8, 4) is 0 Å². The number of hydrogen-bond acceptors (Lipinski definition) is 3. The Kier molecular flexibility index (Phi) is 5.66. The molecule has 4 nitrogen and oxygen atoms in total. The van der Waals surface area contributed by atoms with Crippen LogP contribution < -0.4 is 0 Å². The molecule has 2 heterocycles. The van der Waals surface area contributed by atoms with Gasteiger partial charge in [-0.1, -0.05) is 12.1 Å². The van der Waals surface area contributed by atoms with Gasteiger partial charge in [0.25, 0.3) is 5.91 Å². The van der Waals surface area contributed by atoms with E-state index in [0.29, 0.717) is 30.8 Å². The molecule has 2 aromatic rings. The monoisotopic (exact) mass is 378 g/mol. The zero-order valence-electron chi connectivity index (χ0n) is 14.5. The number of carbonyl (C=O) groups excluding carboxylic acids is 2. The lowest BCUT2D eigenvalue weighted by molar-refractivity contribution is -0.136. The first-order valence-corrected chi connectivity index (χ1v) is 9.35. The molecule has 138 valence electrons. The Morgan fingerprint density at radius 3 is 2.58 bits per heavy atom. The van der Waals surface area contributed by atoms with Gasteiger partial charge in [-0.2, -0.15) is 0 Å². The van der Waals surface area contributed by atoms with Crippen molar-refractivity contribution < 1.29 is 18.4 Å². The first kappa shape index (κ1) is 18.5. The normalized spacial score (nSPS) is 15.1. The Hall–Kier alpha value is -2.28. The molecule has 0 bridgehead atoms. The van der Waals surface area contributed by atoms with Crippen molar-refractivity contribution in [3.05, 3.63) is 57.8 Å². The molecule has 1 aliphatic heterocycles. The molecule has 1 aromatic heterocycles. The Bertz CT molecular complexity index is 787. The Morgan fingerprint density at radius 1 is 1.23 bits per heavy atom. The van der Waals surface area contributed by atoms with Gasteiger partial charge in [-0.05, 0) is 30.4 Å². The fourth-order valence-electron chi connectivity index (χ4n) is 3.18. The van der Waals surface area contributed by atoms with E-state index in [1.165, 1.54) is 28.4 Å². The highest BCUT2D eigenvalue weighted by molar-refractivity contribution is 7.12. The molecule has 1 aromatic carbocycles. The summed E-state index contributed by atoms with van der Waals surface area (Å²) in [6.07, 6.45) is 1.18. The average molecular weight is 378 g/mol. The van der Waals surface area contributed by atoms with Gasteiger partial charge in [-0.25, -0.2) is 8.78 Å². The molecule has 0 saturated carbocycles. The molecule has 0 unspecified atom stereocenters. The molecule has 1 fully saturated rings. The van der Waals surface area contributed by atoms with Gasteiger partial charge in [0.15, 0.2) is 0 Å². The molecule has 7 heteroatoms. The van der Waals surface area contributed by atoms with Crippen LogP contribution in [0.5, 0.6) is 0 Å². The van der Waals surface area contributed by atoms with Crippen LogP contribution in [-0.4, -0.2) is 41.8 Å². The third-order valence-electron chi connectivity index (χ3n) is 4.66. The van der Waals surface area contributed by atoms with Crippen molar-refractivity contribution in [1.29, 1.82) is 0 Å². The summed E-state index contributed by atoms with van der Waals surface area (Å²) in [4.78, 5) is 28.9. The molecule has 1 aliphatic rings. The lowest BCUT2D eigenvalue weighted by atomic mass is 9.95. The van der Waals surface area contributed by atoms with Crippen LogP contribution in [0.2, 0.25) is 0 Å². The maximum atomic E-state index is 13.8. The predicted molar refractivity (Wildman–Crippen MR) is 95.8 cm³/mol. The zero-order chi connectivity index (χ0) is 18.7. The lowest BCUT2D eigenvalue weighted by Gasteiger charge is -2.33. The molecule has 0 spiro atoms.